The van der Waals surface area contributed by atoms with E-state index in [9.17, 15) is 4.79 Å². The van der Waals surface area contributed by atoms with Gasteiger partial charge in [0.05, 0.1) is 25.0 Å². The number of hydrogen-bond acceptors (Lipinski definition) is 6. The molecule has 0 unspecified atom stereocenters. The van der Waals surface area contributed by atoms with Crippen LogP contribution >= 0.6 is 0 Å². The van der Waals surface area contributed by atoms with Gasteiger partial charge in [-0.3, -0.25) is 4.79 Å². The van der Waals surface area contributed by atoms with Crippen LogP contribution in [0.1, 0.15) is 35.1 Å². The van der Waals surface area contributed by atoms with E-state index in [1.807, 2.05) is 6.92 Å². The van der Waals surface area contributed by atoms with Crippen LogP contribution in [0, 0.1) is 0 Å². The lowest BCUT2D eigenvalue weighted by atomic mass is 10.2. The second-order valence-electron chi connectivity index (χ2n) is 4.65. The molecule has 106 valence electrons. The van der Waals surface area contributed by atoms with Gasteiger partial charge in [-0.1, -0.05) is 12.1 Å². The Morgan fingerprint density at radius 3 is 3.10 bits per heavy atom. The first-order valence-corrected chi connectivity index (χ1v) is 6.60. The molecule has 0 aromatic carbocycles. The van der Waals surface area contributed by atoms with E-state index in [-0.39, 0.29) is 12.5 Å². The van der Waals surface area contributed by atoms with Crippen molar-refractivity contribution in [2.75, 3.05) is 13.1 Å². The van der Waals surface area contributed by atoms with Crippen molar-refractivity contribution in [3.05, 3.63) is 29.7 Å². The highest BCUT2D eigenvalue weighted by atomic mass is 16.4. The third kappa shape index (κ3) is 2.55. The number of rotatable bonds is 5. The van der Waals surface area contributed by atoms with Crippen molar-refractivity contribution >= 4 is 5.91 Å². The number of amides is 1. The molecule has 0 spiro atoms. The number of aryl methyl sites for hydroxylation is 1. The molecular weight excluding hydrogens is 260 g/mol. The zero-order valence-electron chi connectivity index (χ0n) is 11.2. The largest absolute Gasteiger partial charge is 0.444 e. The van der Waals surface area contributed by atoms with Crippen molar-refractivity contribution in [2.24, 2.45) is 0 Å². The molecule has 0 aliphatic carbocycles. The fraction of sp³-hybridized carbons (Fsp3) is 0.500. The number of nitrogens with zero attached hydrogens (tertiary/aromatic N) is 4. The monoisotopic (exact) mass is 276 g/mol. The number of carbonyl (C=O) groups is 1. The first-order chi connectivity index (χ1) is 9.76. The van der Waals surface area contributed by atoms with E-state index < -0.39 is 0 Å². The lowest BCUT2D eigenvalue weighted by molar-refractivity contribution is 0.0942. The van der Waals surface area contributed by atoms with Crippen LogP contribution in [0.15, 0.2) is 16.8 Å². The molecule has 1 aliphatic rings. The molecule has 0 atom stereocenters. The van der Waals surface area contributed by atoms with E-state index in [1.54, 1.807) is 17.1 Å². The van der Waals surface area contributed by atoms with Gasteiger partial charge in [0, 0.05) is 19.5 Å². The van der Waals surface area contributed by atoms with E-state index in [2.05, 4.69) is 25.9 Å². The fourth-order valence-corrected chi connectivity index (χ4v) is 1.86. The highest BCUT2D eigenvalue weighted by molar-refractivity contribution is 5.91. The van der Waals surface area contributed by atoms with E-state index in [0.717, 1.165) is 25.3 Å². The normalized spacial score (nSPS) is 15.1. The summed E-state index contributed by atoms with van der Waals surface area (Å²) in [5.74, 6) is 1.02. The van der Waals surface area contributed by atoms with Crippen LogP contribution in [0.5, 0.6) is 0 Å². The van der Waals surface area contributed by atoms with Gasteiger partial charge in [-0.2, -0.15) is 0 Å². The molecule has 2 N–H and O–H groups in total. The highest BCUT2D eigenvalue weighted by Gasteiger charge is 2.21. The Balaban J connectivity index is 1.57. The summed E-state index contributed by atoms with van der Waals surface area (Å²) in [6.07, 6.45) is 4.11. The van der Waals surface area contributed by atoms with Gasteiger partial charge in [0.25, 0.3) is 5.91 Å². The molecule has 2 aromatic heterocycles. The smallest absolute Gasteiger partial charge is 0.273 e. The summed E-state index contributed by atoms with van der Waals surface area (Å²) in [5.41, 5.74) is 0.305. The number of carbonyl (C=O) groups excluding carboxylic acids is 1. The summed E-state index contributed by atoms with van der Waals surface area (Å²) in [6.45, 7) is 3.95. The Morgan fingerprint density at radius 1 is 1.60 bits per heavy atom. The van der Waals surface area contributed by atoms with Crippen molar-refractivity contribution < 1.29 is 9.21 Å². The Morgan fingerprint density at radius 2 is 2.45 bits per heavy atom. The molecule has 0 saturated carbocycles. The van der Waals surface area contributed by atoms with E-state index in [1.165, 1.54) is 0 Å². The van der Waals surface area contributed by atoms with Gasteiger partial charge < -0.3 is 15.1 Å². The van der Waals surface area contributed by atoms with Gasteiger partial charge in [-0.25, -0.2) is 9.67 Å². The zero-order chi connectivity index (χ0) is 13.9. The van der Waals surface area contributed by atoms with Crippen LogP contribution in [-0.4, -0.2) is 39.0 Å². The zero-order valence-corrected chi connectivity index (χ0v) is 11.2. The molecule has 3 heterocycles. The summed E-state index contributed by atoms with van der Waals surface area (Å²) in [4.78, 5) is 16.0. The van der Waals surface area contributed by atoms with Gasteiger partial charge >= 0.3 is 0 Å². The Hall–Kier alpha value is -2.22. The Kier molecular flexibility index (Phi) is 3.46. The Bertz CT molecular complexity index is 601. The van der Waals surface area contributed by atoms with Crippen molar-refractivity contribution in [2.45, 2.75) is 25.9 Å². The molecule has 0 bridgehead atoms. The number of hydrogen-bond donors (Lipinski definition) is 2. The maximum absolute atomic E-state index is 11.9. The SMILES string of the molecule is CCc1cnc(CNC(=O)c2cn(C3CNC3)nn2)o1. The molecule has 1 fully saturated rings. The molecule has 3 rings (SSSR count). The van der Waals surface area contributed by atoms with Crippen LogP contribution in [0.4, 0.5) is 0 Å². The molecular formula is C12H16N6O2. The predicted octanol–water partition coefficient (Wildman–Crippen LogP) is -0.0972. The second kappa shape index (κ2) is 5.41. The lowest BCUT2D eigenvalue weighted by Gasteiger charge is -2.26. The first kappa shape index (κ1) is 12.8. The first-order valence-electron chi connectivity index (χ1n) is 6.60. The van der Waals surface area contributed by atoms with Crippen molar-refractivity contribution in [3.8, 4) is 0 Å². The summed E-state index contributed by atoms with van der Waals surface area (Å²) < 4.78 is 7.13. The van der Waals surface area contributed by atoms with Crippen LogP contribution in [0.3, 0.4) is 0 Å². The summed E-state index contributed by atoms with van der Waals surface area (Å²) in [6, 6.07) is 0.294. The standard InChI is InChI=1S/C12H16N6O2/c1-2-9-5-14-11(20-9)6-15-12(19)10-7-18(17-16-10)8-3-13-4-8/h5,7-8,13H,2-4,6H2,1H3,(H,15,19). The second-order valence-corrected chi connectivity index (χ2v) is 4.65. The minimum Gasteiger partial charge on any atom is -0.444 e. The lowest BCUT2D eigenvalue weighted by Crippen LogP contribution is -2.43. The van der Waals surface area contributed by atoms with Gasteiger partial charge in [0.15, 0.2) is 5.69 Å². The van der Waals surface area contributed by atoms with Crippen molar-refractivity contribution in [3.63, 3.8) is 0 Å². The summed E-state index contributed by atoms with van der Waals surface area (Å²) in [5, 5.41) is 13.7. The molecule has 1 amide bonds. The van der Waals surface area contributed by atoms with Crippen LogP contribution in [-0.2, 0) is 13.0 Å². The topological polar surface area (TPSA) is 97.9 Å². The van der Waals surface area contributed by atoms with Crippen LogP contribution in [0.2, 0.25) is 0 Å². The van der Waals surface area contributed by atoms with Crippen LogP contribution < -0.4 is 10.6 Å². The van der Waals surface area contributed by atoms with E-state index in [4.69, 9.17) is 4.42 Å². The third-order valence-corrected chi connectivity index (χ3v) is 3.23. The van der Waals surface area contributed by atoms with E-state index >= 15 is 0 Å². The third-order valence-electron chi connectivity index (χ3n) is 3.23. The quantitative estimate of drug-likeness (QED) is 0.791. The molecule has 20 heavy (non-hydrogen) atoms. The minimum atomic E-state index is -0.278. The Labute approximate surface area is 115 Å². The van der Waals surface area contributed by atoms with Crippen molar-refractivity contribution in [1.29, 1.82) is 0 Å². The molecule has 1 aliphatic heterocycles. The molecule has 2 aromatic rings. The predicted molar refractivity (Wildman–Crippen MR) is 69.0 cm³/mol. The molecule has 8 heteroatoms. The van der Waals surface area contributed by atoms with Gasteiger partial charge in [0.1, 0.15) is 5.76 Å². The molecule has 0 radical (unpaired) electrons. The highest BCUT2D eigenvalue weighted by Crippen LogP contribution is 2.10. The van der Waals surface area contributed by atoms with Gasteiger partial charge in [-0.15, -0.1) is 5.10 Å². The fourth-order valence-electron chi connectivity index (χ4n) is 1.86. The van der Waals surface area contributed by atoms with Gasteiger partial charge in [0.2, 0.25) is 5.89 Å². The molecule has 8 nitrogen and oxygen atoms in total. The van der Waals surface area contributed by atoms with Crippen molar-refractivity contribution in [1.82, 2.24) is 30.6 Å². The minimum absolute atomic E-state index is 0.247. The number of aromatic nitrogens is 4. The van der Waals surface area contributed by atoms with E-state index in [0.29, 0.717) is 17.6 Å². The average Bonchev–Trinajstić information content (AvgIpc) is 3.02. The maximum atomic E-state index is 11.9. The summed E-state index contributed by atoms with van der Waals surface area (Å²) in [7, 11) is 0. The summed E-state index contributed by atoms with van der Waals surface area (Å²) >= 11 is 0. The number of nitrogens with one attached hydrogen (secondary N) is 2. The maximum Gasteiger partial charge on any atom is 0.273 e. The average molecular weight is 276 g/mol. The molecule has 1 saturated heterocycles. The van der Waals surface area contributed by atoms with Gasteiger partial charge in [-0.05, 0) is 0 Å². The van der Waals surface area contributed by atoms with Crippen LogP contribution in [0.25, 0.3) is 0 Å². The number of oxazole rings is 1.